The second-order valence-corrected chi connectivity index (χ2v) is 4.25. The van der Waals surface area contributed by atoms with E-state index in [9.17, 15) is 17.6 Å². The molecule has 0 N–H and O–H groups in total. The smallest absolute Gasteiger partial charge is 0.439 e. The molecule has 20 heavy (non-hydrogen) atoms. The van der Waals surface area contributed by atoms with Gasteiger partial charge in [0.05, 0.1) is 0 Å². The number of aryl methyl sites for hydroxylation is 1. The summed E-state index contributed by atoms with van der Waals surface area (Å²) in [5.41, 5.74) is 0.383. The van der Waals surface area contributed by atoms with Crippen molar-refractivity contribution in [3.05, 3.63) is 46.6 Å². The maximum Gasteiger partial charge on any atom is 0.451 e. The summed E-state index contributed by atoms with van der Waals surface area (Å²) in [7, 11) is 0. The van der Waals surface area contributed by atoms with Crippen LogP contribution >= 0.6 is 11.6 Å². The molecule has 0 unspecified atom stereocenters. The lowest BCUT2D eigenvalue weighted by atomic mass is 10.2. The Kier molecular flexibility index (Phi) is 3.80. The zero-order valence-electron chi connectivity index (χ0n) is 10.0. The molecule has 0 fully saturated rings. The Morgan fingerprint density at radius 3 is 2.45 bits per heavy atom. The molecule has 0 spiro atoms. The number of ether oxygens (including phenoxy) is 1. The summed E-state index contributed by atoms with van der Waals surface area (Å²) >= 11 is 5.47. The van der Waals surface area contributed by atoms with Gasteiger partial charge in [-0.05, 0) is 18.6 Å². The van der Waals surface area contributed by atoms with Gasteiger partial charge < -0.3 is 4.74 Å². The minimum atomic E-state index is -4.75. The summed E-state index contributed by atoms with van der Waals surface area (Å²) < 4.78 is 55.9. The maximum atomic E-state index is 13.3. The summed E-state index contributed by atoms with van der Waals surface area (Å²) in [6.07, 6.45) is -4.75. The highest BCUT2D eigenvalue weighted by Gasteiger charge is 2.35. The molecule has 3 nitrogen and oxygen atoms in total. The number of rotatable bonds is 2. The summed E-state index contributed by atoms with van der Waals surface area (Å²) in [6, 6.07) is 4.88. The van der Waals surface area contributed by atoms with Crippen molar-refractivity contribution < 1.29 is 22.3 Å². The Hall–Kier alpha value is -1.89. The van der Waals surface area contributed by atoms with Crippen LogP contribution in [0.25, 0.3) is 0 Å². The predicted molar refractivity (Wildman–Crippen MR) is 63.3 cm³/mol. The third-order valence-corrected chi connectivity index (χ3v) is 2.48. The first-order valence-corrected chi connectivity index (χ1v) is 5.69. The predicted octanol–water partition coefficient (Wildman–Crippen LogP) is 4.39. The highest BCUT2D eigenvalue weighted by atomic mass is 35.5. The second-order valence-electron chi connectivity index (χ2n) is 3.86. The van der Waals surface area contributed by atoms with Crippen molar-refractivity contribution in [1.82, 2.24) is 9.97 Å². The van der Waals surface area contributed by atoms with Crippen molar-refractivity contribution in [1.29, 1.82) is 0 Å². The molecule has 0 saturated heterocycles. The van der Waals surface area contributed by atoms with Gasteiger partial charge in [-0.25, -0.2) is 9.37 Å². The van der Waals surface area contributed by atoms with E-state index >= 15 is 0 Å². The second kappa shape index (κ2) is 5.24. The largest absolute Gasteiger partial charge is 0.451 e. The molecule has 8 heteroatoms. The molecule has 0 aliphatic carbocycles. The topological polar surface area (TPSA) is 35.0 Å². The van der Waals surface area contributed by atoms with E-state index in [4.69, 9.17) is 16.3 Å². The van der Waals surface area contributed by atoms with Gasteiger partial charge >= 0.3 is 6.18 Å². The Balaban J connectivity index is 2.33. The molecule has 0 bridgehead atoms. The fraction of sp³-hybridized carbons (Fsp3) is 0.167. The summed E-state index contributed by atoms with van der Waals surface area (Å²) in [4.78, 5) is 6.24. The van der Waals surface area contributed by atoms with Crippen LogP contribution in [-0.2, 0) is 6.18 Å². The molecule has 0 amide bonds. The first kappa shape index (κ1) is 14.5. The van der Waals surface area contributed by atoms with Crippen LogP contribution in [0.1, 0.15) is 11.4 Å². The molecule has 1 aromatic heterocycles. The van der Waals surface area contributed by atoms with Gasteiger partial charge in [0.25, 0.3) is 0 Å². The summed E-state index contributed by atoms with van der Waals surface area (Å²) in [5, 5.41) is -0.421. The van der Waals surface area contributed by atoms with Gasteiger partial charge in [-0.2, -0.15) is 18.2 Å². The van der Waals surface area contributed by atoms with Crippen LogP contribution in [0.3, 0.4) is 0 Å². The fourth-order valence-electron chi connectivity index (χ4n) is 1.33. The van der Waals surface area contributed by atoms with E-state index in [1.165, 1.54) is 12.1 Å². The highest BCUT2D eigenvalue weighted by molar-refractivity contribution is 6.29. The molecule has 2 rings (SSSR count). The summed E-state index contributed by atoms with van der Waals surface area (Å²) in [6.45, 7) is 1.54. The quantitative estimate of drug-likeness (QED) is 0.610. The van der Waals surface area contributed by atoms with Crippen LogP contribution in [-0.4, -0.2) is 9.97 Å². The van der Waals surface area contributed by atoms with E-state index in [1.54, 1.807) is 6.92 Å². The fourth-order valence-corrected chi connectivity index (χ4v) is 1.51. The zero-order valence-corrected chi connectivity index (χ0v) is 10.8. The van der Waals surface area contributed by atoms with Crippen molar-refractivity contribution in [2.75, 3.05) is 0 Å². The van der Waals surface area contributed by atoms with Crippen molar-refractivity contribution >= 4 is 11.6 Å². The van der Waals surface area contributed by atoms with Crippen LogP contribution in [0.2, 0.25) is 5.15 Å². The van der Waals surface area contributed by atoms with E-state index in [2.05, 4.69) is 9.97 Å². The van der Waals surface area contributed by atoms with Crippen molar-refractivity contribution in [3.8, 4) is 11.6 Å². The number of aromatic nitrogens is 2. The molecule has 0 atom stereocenters. The van der Waals surface area contributed by atoms with Gasteiger partial charge in [-0.3, -0.25) is 0 Å². The minimum Gasteiger partial charge on any atom is -0.439 e. The molecule has 1 aromatic carbocycles. The third kappa shape index (κ3) is 3.36. The van der Waals surface area contributed by atoms with Gasteiger partial charge in [-0.1, -0.05) is 17.7 Å². The molecule has 0 radical (unpaired) electrons. The van der Waals surface area contributed by atoms with Gasteiger partial charge in [0.2, 0.25) is 11.7 Å². The molecule has 0 saturated carbocycles. The lowest BCUT2D eigenvalue weighted by molar-refractivity contribution is -0.145. The van der Waals surface area contributed by atoms with E-state index < -0.39 is 28.9 Å². The van der Waals surface area contributed by atoms with E-state index in [1.807, 2.05) is 0 Å². The van der Waals surface area contributed by atoms with Gasteiger partial charge in [0, 0.05) is 12.1 Å². The Bertz CT molecular complexity index is 646. The number of hydrogen-bond donors (Lipinski definition) is 0. The Morgan fingerprint density at radius 2 is 1.85 bits per heavy atom. The number of hydrogen-bond acceptors (Lipinski definition) is 3. The molecule has 2 aromatic rings. The van der Waals surface area contributed by atoms with Crippen molar-refractivity contribution in [2.24, 2.45) is 0 Å². The van der Waals surface area contributed by atoms with E-state index in [-0.39, 0.29) is 5.75 Å². The van der Waals surface area contributed by atoms with Crippen LogP contribution < -0.4 is 4.74 Å². The number of benzene rings is 1. The Morgan fingerprint density at radius 1 is 1.15 bits per heavy atom. The number of nitrogens with zero attached hydrogens (tertiary/aromatic N) is 2. The highest BCUT2D eigenvalue weighted by Crippen LogP contribution is 2.30. The first-order chi connectivity index (χ1) is 9.25. The monoisotopic (exact) mass is 306 g/mol. The molecular formula is C12H7ClF4N2O. The van der Waals surface area contributed by atoms with Gasteiger partial charge in [0.1, 0.15) is 16.7 Å². The SMILES string of the molecule is Cc1ccc(Oc2cc(Cl)nc(C(F)(F)F)n2)cc1F. The van der Waals surface area contributed by atoms with E-state index in [0.717, 1.165) is 12.1 Å². The maximum absolute atomic E-state index is 13.3. The molecule has 0 aliphatic heterocycles. The molecule has 1 heterocycles. The van der Waals surface area contributed by atoms with E-state index in [0.29, 0.717) is 5.56 Å². The third-order valence-electron chi connectivity index (χ3n) is 2.29. The lowest BCUT2D eigenvalue weighted by Crippen LogP contribution is -2.11. The van der Waals surface area contributed by atoms with Crippen LogP contribution in [0.5, 0.6) is 11.6 Å². The standard InChI is InChI=1S/C12H7ClF4N2O/c1-6-2-3-7(4-8(6)14)20-10-5-9(13)18-11(19-10)12(15,16)17/h2-5H,1H3. The first-order valence-electron chi connectivity index (χ1n) is 5.31. The molecule has 0 aliphatic rings. The number of alkyl halides is 3. The zero-order chi connectivity index (χ0) is 14.9. The van der Waals surface area contributed by atoms with Crippen molar-refractivity contribution in [3.63, 3.8) is 0 Å². The summed E-state index contributed by atoms with van der Waals surface area (Å²) in [5.74, 6) is -2.37. The van der Waals surface area contributed by atoms with Gasteiger partial charge in [0.15, 0.2) is 0 Å². The lowest BCUT2D eigenvalue weighted by Gasteiger charge is -2.09. The number of halogens is 5. The average Bonchev–Trinajstić information content (AvgIpc) is 2.32. The average molecular weight is 307 g/mol. The van der Waals surface area contributed by atoms with Crippen LogP contribution in [0.15, 0.2) is 24.3 Å². The van der Waals surface area contributed by atoms with Crippen LogP contribution in [0, 0.1) is 12.7 Å². The molecular weight excluding hydrogens is 300 g/mol. The molecule has 106 valence electrons. The normalized spacial score (nSPS) is 11.5. The Labute approximate surface area is 116 Å². The minimum absolute atomic E-state index is 0.0102. The van der Waals surface area contributed by atoms with Crippen molar-refractivity contribution in [2.45, 2.75) is 13.1 Å². The van der Waals surface area contributed by atoms with Crippen LogP contribution in [0.4, 0.5) is 17.6 Å². The van der Waals surface area contributed by atoms with Gasteiger partial charge in [-0.15, -0.1) is 0 Å².